The smallest absolute Gasteiger partial charge is 0.308 e. The molecule has 0 spiro atoms. The van der Waals surface area contributed by atoms with Crippen LogP contribution >= 0.6 is 0 Å². The lowest BCUT2D eigenvalue weighted by Gasteiger charge is -2.23. The van der Waals surface area contributed by atoms with Gasteiger partial charge in [-0.25, -0.2) is 4.98 Å². The number of carboxylic acids is 1. The first kappa shape index (κ1) is 17.2. The highest BCUT2D eigenvalue weighted by atomic mass is 16.4. The molecule has 6 heteroatoms. The van der Waals surface area contributed by atoms with Crippen molar-refractivity contribution in [2.24, 2.45) is 5.92 Å². The van der Waals surface area contributed by atoms with Crippen LogP contribution < -0.4 is 0 Å². The number of aliphatic carboxylic acids is 1. The minimum atomic E-state index is -0.835. The second-order valence-corrected chi connectivity index (χ2v) is 6.55. The molecule has 6 nitrogen and oxygen atoms in total. The van der Waals surface area contributed by atoms with E-state index in [0.717, 1.165) is 5.56 Å². The molecule has 1 N–H and O–H groups in total. The minimum Gasteiger partial charge on any atom is -0.481 e. The van der Waals surface area contributed by atoms with E-state index in [0.29, 0.717) is 31.0 Å². The van der Waals surface area contributed by atoms with E-state index in [-0.39, 0.29) is 18.4 Å². The predicted octanol–water partition coefficient (Wildman–Crippen LogP) is 2.90. The van der Waals surface area contributed by atoms with Crippen molar-refractivity contribution >= 4 is 11.9 Å². The summed E-state index contributed by atoms with van der Waals surface area (Å²) in [5.41, 5.74) is 2.13. The molecule has 2 unspecified atom stereocenters. The molecule has 2 aromatic rings. The first-order valence-electron chi connectivity index (χ1n) is 8.49. The van der Waals surface area contributed by atoms with Crippen molar-refractivity contribution in [2.45, 2.75) is 39.2 Å². The van der Waals surface area contributed by atoms with Gasteiger partial charge in [0.1, 0.15) is 0 Å². The lowest BCUT2D eigenvalue weighted by molar-refractivity contribution is -0.143. The first-order chi connectivity index (χ1) is 12.0. The summed E-state index contributed by atoms with van der Waals surface area (Å²) in [6.45, 7) is 4.32. The lowest BCUT2D eigenvalue weighted by Crippen LogP contribution is -2.37. The number of aromatic nitrogens is 1. The fraction of sp³-hybridized carbons (Fsp3) is 0.421. The van der Waals surface area contributed by atoms with Gasteiger partial charge in [0.15, 0.2) is 11.7 Å². The molecule has 25 heavy (non-hydrogen) atoms. The molecule has 0 saturated carbocycles. The summed E-state index contributed by atoms with van der Waals surface area (Å²) in [4.78, 5) is 29.4. The molecule has 132 valence electrons. The van der Waals surface area contributed by atoms with Crippen LogP contribution in [0.3, 0.4) is 0 Å². The van der Waals surface area contributed by atoms with Crippen LogP contribution in [0.2, 0.25) is 0 Å². The average molecular weight is 342 g/mol. The topological polar surface area (TPSA) is 83.6 Å². The van der Waals surface area contributed by atoms with Crippen LogP contribution in [0.4, 0.5) is 0 Å². The summed E-state index contributed by atoms with van der Waals surface area (Å²) in [6, 6.07) is 7.70. The van der Waals surface area contributed by atoms with Gasteiger partial charge in [-0.3, -0.25) is 9.59 Å². The summed E-state index contributed by atoms with van der Waals surface area (Å²) in [7, 11) is 0. The third-order valence-corrected chi connectivity index (χ3v) is 4.83. The Morgan fingerprint density at radius 2 is 2.04 bits per heavy atom. The number of benzene rings is 1. The maximum Gasteiger partial charge on any atom is 0.308 e. The predicted molar refractivity (Wildman–Crippen MR) is 91.9 cm³/mol. The molecular formula is C19H22N2O4. The van der Waals surface area contributed by atoms with E-state index in [2.05, 4.69) is 4.98 Å². The quantitative estimate of drug-likeness (QED) is 0.903. The van der Waals surface area contributed by atoms with Gasteiger partial charge in [0.05, 0.1) is 12.1 Å². The van der Waals surface area contributed by atoms with Crippen LogP contribution in [0.5, 0.6) is 0 Å². The van der Waals surface area contributed by atoms with Crippen LogP contribution in [0.15, 0.2) is 34.9 Å². The van der Waals surface area contributed by atoms with Crippen LogP contribution in [0.25, 0.3) is 11.3 Å². The van der Waals surface area contributed by atoms with Crippen molar-refractivity contribution in [1.82, 2.24) is 9.88 Å². The van der Waals surface area contributed by atoms with Crippen LogP contribution in [0.1, 0.15) is 31.2 Å². The standard InChI is InChI=1S/C19H22N2O4/c1-12-3-5-14(6-4-12)16-11-20-17(25-16)7-8-18(22)21-10-9-15(13(21)2)19(23)24/h3-6,11,13,15H,7-10H2,1-2H3,(H,23,24). The molecule has 1 aliphatic heterocycles. The van der Waals surface area contributed by atoms with Gasteiger partial charge in [-0.2, -0.15) is 0 Å². The zero-order valence-electron chi connectivity index (χ0n) is 14.4. The zero-order valence-corrected chi connectivity index (χ0v) is 14.4. The summed E-state index contributed by atoms with van der Waals surface area (Å²) >= 11 is 0. The van der Waals surface area contributed by atoms with E-state index in [1.807, 2.05) is 31.2 Å². The van der Waals surface area contributed by atoms with Gasteiger partial charge in [0, 0.05) is 31.0 Å². The molecule has 0 bridgehead atoms. The summed E-state index contributed by atoms with van der Waals surface area (Å²) < 4.78 is 5.73. The van der Waals surface area contributed by atoms with Crippen LogP contribution in [-0.2, 0) is 16.0 Å². The van der Waals surface area contributed by atoms with Crippen molar-refractivity contribution in [2.75, 3.05) is 6.54 Å². The SMILES string of the molecule is Cc1ccc(-c2cnc(CCC(=O)N3CCC(C(=O)O)C3C)o2)cc1. The molecule has 1 saturated heterocycles. The summed E-state index contributed by atoms with van der Waals surface area (Å²) in [6.07, 6.45) is 2.86. The second kappa shape index (κ2) is 7.09. The number of oxazole rings is 1. The van der Waals surface area contributed by atoms with Gasteiger partial charge in [0.2, 0.25) is 5.91 Å². The van der Waals surface area contributed by atoms with Crippen molar-refractivity contribution in [3.05, 3.63) is 41.9 Å². The largest absolute Gasteiger partial charge is 0.481 e. The minimum absolute atomic E-state index is 0.0497. The number of amides is 1. The Labute approximate surface area is 146 Å². The Morgan fingerprint density at radius 1 is 1.32 bits per heavy atom. The molecule has 0 aliphatic carbocycles. The monoisotopic (exact) mass is 342 g/mol. The van der Waals surface area contributed by atoms with Crippen molar-refractivity contribution in [1.29, 1.82) is 0 Å². The highest BCUT2D eigenvalue weighted by Gasteiger charge is 2.37. The Morgan fingerprint density at radius 3 is 2.68 bits per heavy atom. The number of rotatable bonds is 5. The molecule has 1 fully saturated rings. The number of carbonyl (C=O) groups excluding carboxylic acids is 1. The van der Waals surface area contributed by atoms with Gasteiger partial charge in [-0.05, 0) is 20.3 Å². The average Bonchev–Trinajstić information content (AvgIpc) is 3.20. The van der Waals surface area contributed by atoms with E-state index in [1.54, 1.807) is 18.0 Å². The molecule has 0 radical (unpaired) electrons. The van der Waals surface area contributed by atoms with Crippen molar-refractivity contribution in [3.8, 4) is 11.3 Å². The molecule has 1 amide bonds. The summed E-state index contributed by atoms with van der Waals surface area (Å²) in [5.74, 6) is -0.156. The van der Waals surface area contributed by atoms with Crippen molar-refractivity contribution in [3.63, 3.8) is 0 Å². The van der Waals surface area contributed by atoms with Gasteiger partial charge in [-0.15, -0.1) is 0 Å². The first-order valence-corrected chi connectivity index (χ1v) is 8.49. The third-order valence-electron chi connectivity index (χ3n) is 4.83. The van der Waals surface area contributed by atoms with Gasteiger partial charge < -0.3 is 14.4 Å². The van der Waals surface area contributed by atoms with E-state index >= 15 is 0 Å². The Bertz CT molecular complexity index is 766. The molecule has 2 atom stereocenters. The van der Waals surface area contributed by atoms with Gasteiger partial charge >= 0.3 is 5.97 Å². The van der Waals surface area contributed by atoms with E-state index in [4.69, 9.17) is 9.52 Å². The molecule has 1 aliphatic rings. The highest BCUT2D eigenvalue weighted by molar-refractivity contribution is 5.79. The number of hydrogen-bond donors (Lipinski definition) is 1. The zero-order chi connectivity index (χ0) is 18.0. The van der Waals surface area contributed by atoms with E-state index in [1.165, 1.54) is 5.56 Å². The number of hydrogen-bond acceptors (Lipinski definition) is 4. The van der Waals surface area contributed by atoms with Crippen molar-refractivity contribution < 1.29 is 19.1 Å². The fourth-order valence-corrected chi connectivity index (χ4v) is 3.26. The van der Waals surface area contributed by atoms with Crippen LogP contribution in [0, 0.1) is 12.8 Å². The number of carboxylic acid groups (broad SMARTS) is 1. The lowest BCUT2D eigenvalue weighted by atomic mass is 10.0. The number of carbonyl (C=O) groups is 2. The molecule has 1 aromatic carbocycles. The number of aryl methyl sites for hydroxylation is 2. The molecular weight excluding hydrogens is 320 g/mol. The Balaban J connectivity index is 1.58. The van der Waals surface area contributed by atoms with E-state index < -0.39 is 11.9 Å². The van der Waals surface area contributed by atoms with Gasteiger partial charge in [-0.1, -0.05) is 29.8 Å². The van der Waals surface area contributed by atoms with E-state index in [9.17, 15) is 9.59 Å². The van der Waals surface area contributed by atoms with Gasteiger partial charge in [0.25, 0.3) is 0 Å². The summed E-state index contributed by atoms with van der Waals surface area (Å²) in [5, 5.41) is 9.16. The maximum atomic E-state index is 12.4. The molecule has 1 aromatic heterocycles. The second-order valence-electron chi connectivity index (χ2n) is 6.55. The molecule has 3 rings (SSSR count). The molecule has 2 heterocycles. The van der Waals surface area contributed by atoms with Crippen LogP contribution in [-0.4, -0.2) is 39.5 Å². The Kier molecular flexibility index (Phi) is 4.88. The maximum absolute atomic E-state index is 12.4. The third kappa shape index (κ3) is 3.73. The highest BCUT2D eigenvalue weighted by Crippen LogP contribution is 2.26. The fourth-order valence-electron chi connectivity index (χ4n) is 3.26. The normalized spacial score (nSPS) is 20.0. The Hall–Kier alpha value is -2.63. The number of nitrogens with zero attached hydrogens (tertiary/aromatic N) is 2. The number of likely N-dealkylation sites (tertiary alicyclic amines) is 1.